The monoisotopic (exact) mass is 346 g/mol. The SMILES string of the molecule is Cc1[nH]nc(Nc2ccnc(Cc3cccc(C(C)(C)C#N)c3)n2)c1C. The summed E-state index contributed by atoms with van der Waals surface area (Å²) in [5, 5.41) is 19.8. The molecule has 2 N–H and O–H groups in total. The minimum absolute atomic E-state index is 0.518. The zero-order chi connectivity index (χ0) is 18.7. The Morgan fingerprint density at radius 3 is 2.73 bits per heavy atom. The maximum absolute atomic E-state index is 9.34. The molecule has 132 valence electrons. The predicted octanol–water partition coefficient (Wildman–Crippen LogP) is 3.95. The Bertz CT molecular complexity index is 964. The maximum atomic E-state index is 9.34. The van der Waals surface area contributed by atoms with Crippen molar-refractivity contribution in [2.45, 2.75) is 39.5 Å². The first-order valence-corrected chi connectivity index (χ1v) is 8.50. The number of H-pyrrole nitrogens is 1. The standard InChI is InChI=1S/C20H22N6/c1-13-14(2)25-26-19(13)24-17-8-9-22-18(23-17)11-15-6-5-7-16(10-15)20(3,4)12-21/h5-10H,11H2,1-4H3,(H2,22,23,24,25,26). The van der Waals surface area contributed by atoms with Crippen LogP contribution in [0.3, 0.4) is 0 Å². The van der Waals surface area contributed by atoms with Crippen molar-refractivity contribution >= 4 is 11.6 Å². The Hall–Kier alpha value is -3.20. The van der Waals surface area contributed by atoms with Gasteiger partial charge in [0.2, 0.25) is 0 Å². The number of nitrogens with one attached hydrogen (secondary N) is 2. The van der Waals surface area contributed by atoms with Crippen molar-refractivity contribution in [3.63, 3.8) is 0 Å². The van der Waals surface area contributed by atoms with Crippen LogP contribution in [0.5, 0.6) is 0 Å². The molecule has 0 atom stereocenters. The van der Waals surface area contributed by atoms with E-state index in [0.717, 1.165) is 28.2 Å². The smallest absolute Gasteiger partial charge is 0.156 e. The number of nitriles is 1. The number of benzene rings is 1. The Balaban J connectivity index is 1.80. The predicted molar refractivity (Wildman–Crippen MR) is 101 cm³/mol. The molecule has 6 nitrogen and oxygen atoms in total. The van der Waals surface area contributed by atoms with Crippen molar-refractivity contribution in [1.82, 2.24) is 20.2 Å². The van der Waals surface area contributed by atoms with Gasteiger partial charge >= 0.3 is 0 Å². The maximum Gasteiger partial charge on any atom is 0.156 e. The van der Waals surface area contributed by atoms with Crippen LogP contribution in [-0.2, 0) is 11.8 Å². The summed E-state index contributed by atoms with van der Waals surface area (Å²) in [7, 11) is 0. The van der Waals surface area contributed by atoms with Gasteiger partial charge in [-0.3, -0.25) is 5.10 Å². The molecule has 3 rings (SSSR count). The fourth-order valence-electron chi connectivity index (χ4n) is 2.60. The number of hydrogen-bond donors (Lipinski definition) is 2. The molecular weight excluding hydrogens is 324 g/mol. The lowest BCUT2D eigenvalue weighted by Crippen LogP contribution is -2.14. The minimum Gasteiger partial charge on any atom is -0.323 e. The highest BCUT2D eigenvalue weighted by atomic mass is 15.2. The second-order valence-corrected chi connectivity index (χ2v) is 6.92. The third kappa shape index (κ3) is 3.72. The summed E-state index contributed by atoms with van der Waals surface area (Å²) < 4.78 is 0. The third-order valence-corrected chi connectivity index (χ3v) is 4.50. The van der Waals surface area contributed by atoms with Gasteiger partial charge in [-0.2, -0.15) is 10.4 Å². The summed E-state index contributed by atoms with van der Waals surface area (Å²) in [6.45, 7) is 7.82. The second kappa shape index (κ2) is 6.96. The summed E-state index contributed by atoms with van der Waals surface area (Å²) in [6, 6.07) is 12.2. The first kappa shape index (κ1) is 17.6. The van der Waals surface area contributed by atoms with Crippen LogP contribution in [-0.4, -0.2) is 20.2 Å². The second-order valence-electron chi connectivity index (χ2n) is 6.92. The Kier molecular flexibility index (Phi) is 4.72. The highest BCUT2D eigenvalue weighted by molar-refractivity contribution is 5.56. The van der Waals surface area contributed by atoms with E-state index in [2.05, 4.69) is 31.6 Å². The van der Waals surface area contributed by atoms with Gasteiger partial charge in [0.25, 0.3) is 0 Å². The topological polar surface area (TPSA) is 90.3 Å². The number of nitrogens with zero attached hydrogens (tertiary/aromatic N) is 4. The van der Waals surface area contributed by atoms with Gasteiger partial charge in [0.15, 0.2) is 5.82 Å². The van der Waals surface area contributed by atoms with E-state index in [1.807, 2.05) is 58.0 Å². The van der Waals surface area contributed by atoms with Crippen LogP contribution in [0.2, 0.25) is 0 Å². The molecule has 3 aromatic rings. The summed E-state index contributed by atoms with van der Waals surface area (Å²) in [6.07, 6.45) is 2.34. The molecule has 0 unspecified atom stereocenters. The summed E-state index contributed by atoms with van der Waals surface area (Å²) in [5.74, 6) is 2.19. The highest BCUT2D eigenvalue weighted by Crippen LogP contribution is 2.24. The van der Waals surface area contributed by atoms with E-state index in [1.54, 1.807) is 6.20 Å². The molecule has 0 saturated heterocycles. The summed E-state index contributed by atoms with van der Waals surface area (Å²) in [5.41, 5.74) is 3.65. The van der Waals surface area contributed by atoms with Crippen molar-refractivity contribution in [1.29, 1.82) is 5.26 Å². The molecular formula is C20H22N6. The lowest BCUT2D eigenvalue weighted by atomic mass is 9.85. The van der Waals surface area contributed by atoms with E-state index >= 15 is 0 Å². The van der Waals surface area contributed by atoms with Gasteiger partial charge in [-0.05, 0) is 44.9 Å². The molecule has 0 spiro atoms. The third-order valence-electron chi connectivity index (χ3n) is 4.50. The van der Waals surface area contributed by atoms with E-state index < -0.39 is 5.41 Å². The van der Waals surface area contributed by atoms with Gasteiger partial charge in [0.1, 0.15) is 11.6 Å². The van der Waals surface area contributed by atoms with Gasteiger partial charge in [0, 0.05) is 23.9 Å². The molecule has 2 aromatic heterocycles. The number of hydrogen-bond acceptors (Lipinski definition) is 5. The zero-order valence-corrected chi connectivity index (χ0v) is 15.5. The molecule has 6 heteroatoms. The first-order valence-electron chi connectivity index (χ1n) is 8.50. The fourth-order valence-corrected chi connectivity index (χ4v) is 2.60. The molecule has 1 aromatic carbocycles. The lowest BCUT2D eigenvalue weighted by molar-refractivity contribution is 0.685. The van der Waals surface area contributed by atoms with Crippen LogP contribution in [0.25, 0.3) is 0 Å². The average molecular weight is 346 g/mol. The van der Waals surface area contributed by atoms with Crippen LogP contribution in [0.4, 0.5) is 11.6 Å². The van der Waals surface area contributed by atoms with Gasteiger partial charge in [0.05, 0.1) is 11.5 Å². The lowest BCUT2D eigenvalue weighted by Gasteiger charge is -2.16. The average Bonchev–Trinajstić information content (AvgIpc) is 2.94. The number of rotatable bonds is 5. The van der Waals surface area contributed by atoms with Crippen LogP contribution < -0.4 is 5.32 Å². The molecule has 0 saturated carbocycles. The van der Waals surface area contributed by atoms with Gasteiger partial charge in [-0.25, -0.2) is 9.97 Å². The van der Waals surface area contributed by atoms with E-state index in [0.29, 0.717) is 18.1 Å². The van der Waals surface area contributed by atoms with Crippen LogP contribution in [0, 0.1) is 25.2 Å². The van der Waals surface area contributed by atoms with Crippen LogP contribution in [0.15, 0.2) is 36.5 Å². The van der Waals surface area contributed by atoms with E-state index in [-0.39, 0.29) is 0 Å². The molecule has 2 heterocycles. The van der Waals surface area contributed by atoms with E-state index in [9.17, 15) is 5.26 Å². The van der Waals surface area contributed by atoms with Crippen molar-refractivity contribution in [3.8, 4) is 6.07 Å². The molecule has 0 radical (unpaired) electrons. The number of aryl methyl sites for hydroxylation is 1. The molecule has 0 aliphatic rings. The first-order chi connectivity index (χ1) is 12.4. The van der Waals surface area contributed by atoms with Gasteiger partial charge in [-0.15, -0.1) is 0 Å². The van der Waals surface area contributed by atoms with Gasteiger partial charge < -0.3 is 5.32 Å². The largest absolute Gasteiger partial charge is 0.323 e. The number of aromatic nitrogens is 4. The highest BCUT2D eigenvalue weighted by Gasteiger charge is 2.19. The Morgan fingerprint density at radius 2 is 2.04 bits per heavy atom. The van der Waals surface area contributed by atoms with Crippen molar-refractivity contribution in [2.24, 2.45) is 0 Å². The molecule has 0 aliphatic carbocycles. The molecule has 26 heavy (non-hydrogen) atoms. The molecule has 0 fully saturated rings. The molecule has 0 amide bonds. The van der Waals surface area contributed by atoms with Crippen LogP contribution in [0.1, 0.15) is 42.1 Å². The molecule has 0 bridgehead atoms. The number of anilines is 2. The zero-order valence-electron chi connectivity index (χ0n) is 15.5. The van der Waals surface area contributed by atoms with Crippen LogP contribution >= 0.6 is 0 Å². The summed E-state index contributed by atoms with van der Waals surface area (Å²) >= 11 is 0. The van der Waals surface area contributed by atoms with E-state index in [1.165, 1.54) is 0 Å². The fraction of sp³-hybridized carbons (Fsp3) is 0.300. The molecule has 0 aliphatic heterocycles. The van der Waals surface area contributed by atoms with E-state index in [4.69, 9.17) is 0 Å². The number of aromatic amines is 1. The minimum atomic E-state index is -0.518. The Labute approximate surface area is 153 Å². The normalized spacial score (nSPS) is 11.2. The Morgan fingerprint density at radius 1 is 1.23 bits per heavy atom. The van der Waals surface area contributed by atoms with Crippen molar-refractivity contribution in [2.75, 3.05) is 5.32 Å². The quantitative estimate of drug-likeness (QED) is 0.730. The summed E-state index contributed by atoms with van der Waals surface area (Å²) in [4.78, 5) is 8.96. The van der Waals surface area contributed by atoms with Gasteiger partial charge in [-0.1, -0.05) is 24.3 Å². The van der Waals surface area contributed by atoms with Crippen molar-refractivity contribution in [3.05, 3.63) is 64.7 Å². The van der Waals surface area contributed by atoms with Crippen molar-refractivity contribution < 1.29 is 0 Å².